The highest BCUT2D eigenvalue weighted by Gasteiger charge is 2.27. The van der Waals surface area contributed by atoms with Gasteiger partial charge in [-0.15, -0.1) is 0 Å². The minimum atomic E-state index is -3.33. The molecule has 0 bridgehead atoms. The van der Waals surface area contributed by atoms with Gasteiger partial charge in [-0.2, -0.15) is 5.26 Å². The fraction of sp³-hybridized carbons (Fsp3) is 0.524. The number of nitriles is 1. The summed E-state index contributed by atoms with van der Waals surface area (Å²) in [6, 6.07) is 1.71. The Labute approximate surface area is 172 Å². The first-order chi connectivity index (χ1) is 13.9. The molecule has 0 aromatic heterocycles. The van der Waals surface area contributed by atoms with Crippen LogP contribution in [0.15, 0.2) is 21.9 Å². The molecule has 1 aromatic rings. The molecular weight excluding hydrogens is 386 g/mol. The maximum Gasteiger partial charge on any atom is 0.331 e. The van der Waals surface area contributed by atoms with Crippen molar-refractivity contribution in [2.24, 2.45) is 4.36 Å². The van der Waals surface area contributed by atoms with E-state index in [-0.39, 0.29) is 5.54 Å². The normalized spacial score (nSPS) is 24.6. The van der Waals surface area contributed by atoms with Gasteiger partial charge in [-0.25, -0.2) is 13.7 Å². The Hall–Kier alpha value is -2.37. The zero-order valence-corrected chi connectivity index (χ0v) is 17.5. The summed E-state index contributed by atoms with van der Waals surface area (Å²) in [6.45, 7) is 2.88. The molecule has 3 N–H and O–H groups in total. The molecule has 0 radical (unpaired) electrons. The van der Waals surface area contributed by atoms with E-state index in [0.717, 1.165) is 63.6 Å². The predicted octanol–water partition coefficient (Wildman–Crippen LogP) is 3.31. The van der Waals surface area contributed by atoms with E-state index >= 15 is 0 Å². The SMILES string of the molecule is C[C@]1(/C=C/S(=O)(=NC#N)NC(=O)Nc2c3c(cc4c2CCC4)CCC3)CCCN1. The van der Waals surface area contributed by atoms with Crippen molar-refractivity contribution < 1.29 is 9.00 Å². The standard InChI is InChI=1S/C21H27N5O2S/c1-21(9-4-11-23-21)10-12-29(28,24-14-22)26-20(27)25-19-17-7-2-5-15(17)13-16-6-3-8-18(16)19/h10,12-13,23H,2-9,11H2,1H3,(H2,24,25,26,27,28)/b12-10+/t21-,29?/m1/s1. The minimum absolute atomic E-state index is 0.299. The van der Waals surface area contributed by atoms with E-state index < -0.39 is 15.9 Å². The highest BCUT2D eigenvalue weighted by atomic mass is 32.2. The molecule has 154 valence electrons. The predicted molar refractivity (Wildman–Crippen MR) is 114 cm³/mol. The summed E-state index contributed by atoms with van der Waals surface area (Å²) < 4.78 is 19.0. The van der Waals surface area contributed by atoms with Crippen LogP contribution < -0.4 is 15.4 Å². The van der Waals surface area contributed by atoms with Gasteiger partial charge in [0.1, 0.15) is 0 Å². The second-order valence-corrected chi connectivity index (χ2v) is 10.1. The van der Waals surface area contributed by atoms with Crippen LogP contribution in [0.4, 0.5) is 10.5 Å². The van der Waals surface area contributed by atoms with Gasteiger partial charge in [-0.3, -0.25) is 0 Å². The molecule has 1 saturated heterocycles. The second kappa shape index (κ2) is 7.81. The number of hydrogen-bond acceptors (Lipinski definition) is 5. The second-order valence-electron chi connectivity index (χ2n) is 8.30. The molecule has 2 aliphatic carbocycles. The minimum Gasteiger partial charge on any atom is -0.308 e. The Balaban J connectivity index is 1.56. The quantitative estimate of drug-likeness (QED) is 0.658. The largest absolute Gasteiger partial charge is 0.331 e. The number of carbonyl (C=O) groups excluding carboxylic acids is 1. The van der Waals surface area contributed by atoms with Crippen LogP contribution in [0.2, 0.25) is 0 Å². The number of amides is 2. The van der Waals surface area contributed by atoms with E-state index in [1.54, 1.807) is 12.3 Å². The van der Waals surface area contributed by atoms with Crippen molar-refractivity contribution in [3.05, 3.63) is 39.8 Å². The number of hydrogen-bond donors (Lipinski definition) is 3. The molecule has 7 nitrogen and oxygen atoms in total. The van der Waals surface area contributed by atoms with Crippen LogP contribution in [-0.2, 0) is 35.6 Å². The van der Waals surface area contributed by atoms with Gasteiger partial charge >= 0.3 is 6.03 Å². The lowest BCUT2D eigenvalue weighted by atomic mass is 9.99. The Kier molecular flexibility index (Phi) is 5.36. The van der Waals surface area contributed by atoms with Crippen LogP contribution >= 0.6 is 0 Å². The molecular formula is C21H27N5O2S. The van der Waals surface area contributed by atoms with Crippen molar-refractivity contribution in [3.63, 3.8) is 0 Å². The van der Waals surface area contributed by atoms with Crippen molar-refractivity contribution in [2.45, 2.75) is 63.8 Å². The van der Waals surface area contributed by atoms with Gasteiger partial charge in [0.2, 0.25) is 6.19 Å². The molecule has 2 amide bonds. The number of carbonyl (C=O) groups is 1. The number of urea groups is 1. The number of anilines is 1. The van der Waals surface area contributed by atoms with E-state index in [1.165, 1.54) is 27.7 Å². The van der Waals surface area contributed by atoms with Crippen molar-refractivity contribution >= 4 is 21.6 Å². The first kappa shape index (κ1) is 19.9. The molecule has 1 aliphatic heterocycles. The molecule has 1 fully saturated rings. The van der Waals surface area contributed by atoms with Crippen LogP contribution in [0, 0.1) is 11.5 Å². The molecule has 8 heteroatoms. The molecule has 1 aromatic carbocycles. The molecule has 3 aliphatic rings. The molecule has 29 heavy (non-hydrogen) atoms. The van der Waals surface area contributed by atoms with E-state index in [9.17, 15) is 9.00 Å². The molecule has 1 unspecified atom stereocenters. The van der Waals surface area contributed by atoms with Gasteiger partial charge in [-0.05, 0) is 87.1 Å². The van der Waals surface area contributed by atoms with Crippen LogP contribution in [0.3, 0.4) is 0 Å². The van der Waals surface area contributed by atoms with Gasteiger partial charge in [0, 0.05) is 16.6 Å². The highest BCUT2D eigenvalue weighted by Crippen LogP contribution is 2.38. The molecule has 1 heterocycles. The van der Waals surface area contributed by atoms with Gasteiger partial charge in [0.25, 0.3) is 0 Å². The van der Waals surface area contributed by atoms with Crippen LogP contribution in [0.5, 0.6) is 0 Å². The lowest BCUT2D eigenvalue weighted by Gasteiger charge is -2.20. The topological polar surface area (TPSA) is 106 Å². The third kappa shape index (κ3) is 4.16. The van der Waals surface area contributed by atoms with Crippen LogP contribution in [0.25, 0.3) is 0 Å². The molecule has 2 atom stereocenters. The van der Waals surface area contributed by atoms with Gasteiger partial charge in [0.05, 0.1) is 0 Å². The highest BCUT2D eigenvalue weighted by molar-refractivity contribution is 7.95. The van der Waals surface area contributed by atoms with Crippen molar-refractivity contribution in [2.75, 3.05) is 11.9 Å². The lowest BCUT2D eigenvalue weighted by Crippen LogP contribution is -2.36. The smallest absolute Gasteiger partial charge is 0.308 e. The Morgan fingerprint density at radius 1 is 1.24 bits per heavy atom. The first-order valence-corrected chi connectivity index (χ1v) is 11.8. The number of fused-ring (bicyclic) bond motifs is 2. The number of benzene rings is 1. The molecule has 4 rings (SSSR count). The fourth-order valence-electron chi connectivity index (χ4n) is 4.69. The maximum absolute atomic E-state index is 13.1. The fourth-order valence-corrected chi connectivity index (χ4v) is 5.79. The molecule has 0 saturated carbocycles. The van der Waals surface area contributed by atoms with Crippen molar-refractivity contribution in [1.29, 1.82) is 5.26 Å². The number of nitrogens with zero attached hydrogens (tertiary/aromatic N) is 2. The summed E-state index contributed by atoms with van der Waals surface area (Å²) in [5.74, 6) is 0. The van der Waals surface area contributed by atoms with Crippen molar-refractivity contribution in [1.82, 2.24) is 10.0 Å². The van der Waals surface area contributed by atoms with E-state index in [0.29, 0.717) is 0 Å². The third-order valence-corrected chi connectivity index (χ3v) is 7.48. The summed E-state index contributed by atoms with van der Waals surface area (Å²) in [5, 5.41) is 16.6. The summed E-state index contributed by atoms with van der Waals surface area (Å²) >= 11 is 0. The average molecular weight is 414 g/mol. The molecule has 0 spiro atoms. The zero-order valence-electron chi connectivity index (χ0n) is 16.7. The van der Waals surface area contributed by atoms with Gasteiger partial charge in [-0.1, -0.05) is 16.5 Å². The Morgan fingerprint density at radius 2 is 1.93 bits per heavy atom. The van der Waals surface area contributed by atoms with Gasteiger partial charge < -0.3 is 10.6 Å². The van der Waals surface area contributed by atoms with E-state index in [1.807, 2.05) is 6.92 Å². The third-order valence-electron chi connectivity index (χ3n) is 6.15. The Bertz CT molecular complexity index is 992. The monoisotopic (exact) mass is 413 g/mol. The summed E-state index contributed by atoms with van der Waals surface area (Å²) in [4.78, 5) is 12.8. The number of aryl methyl sites for hydroxylation is 2. The van der Waals surface area contributed by atoms with Crippen LogP contribution in [0.1, 0.15) is 54.9 Å². The van der Waals surface area contributed by atoms with Crippen LogP contribution in [-0.4, -0.2) is 22.3 Å². The van der Waals surface area contributed by atoms with E-state index in [4.69, 9.17) is 5.26 Å². The lowest BCUT2D eigenvalue weighted by molar-refractivity contribution is 0.257. The van der Waals surface area contributed by atoms with Gasteiger partial charge in [0.15, 0.2) is 9.92 Å². The summed E-state index contributed by atoms with van der Waals surface area (Å²) in [5.41, 5.74) is 5.59. The van der Waals surface area contributed by atoms with E-state index in [2.05, 4.69) is 25.8 Å². The summed E-state index contributed by atoms with van der Waals surface area (Å²) in [7, 11) is -3.33. The maximum atomic E-state index is 13.1. The number of rotatable bonds is 4. The summed E-state index contributed by atoms with van der Waals surface area (Å²) in [6.07, 6.45) is 11.4. The zero-order chi connectivity index (χ0) is 20.5. The Morgan fingerprint density at radius 3 is 2.52 bits per heavy atom. The van der Waals surface area contributed by atoms with Crippen molar-refractivity contribution in [3.8, 4) is 6.19 Å². The number of nitrogens with one attached hydrogen (secondary N) is 3. The first-order valence-electron chi connectivity index (χ1n) is 10.3. The average Bonchev–Trinajstić information content (AvgIpc) is 3.41.